The fraction of sp³-hybridized carbons (Fsp3) is 0.957. The molecule has 5 rings (SSSR count). The number of hydrogen-bond acceptors (Lipinski definition) is 6. The molecule has 0 aromatic heterocycles. The number of nitrogens with one attached hydrogen (secondary N) is 4. The number of hydroxylamine groups is 1. The van der Waals surface area contributed by atoms with Crippen molar-refractivity contribution in [3.05, 3.63) is 0 Å². The van der Waals surface area contributed by atoms with Gasteiger partial charge in [-0.05, 0) is 32.2 Å². The van der Waals surface area contributed by atoms with Crippen LogP contribution in [0.5, 0.6) is 0 Å². The first-order chi connectivity index (χ1) is 15.7. The maximum atomic E-state index is 11.5. The number of piperidine rings is 3. The van der Waals surface area contributed by atoms with Crippen LogP contribution in [0, 0.1) is 11.8 Å². The van der Waals surface area contributed by atoms with Gasteiger partial charge < -0.3 is 21.3 Å². The van der Waals surface area contributed by atoms with E-state index >= 15 is 0 Å². The van der Waals surface area contributed by atoms with E-state index in [1.54, 1.807) is 4.90 Å². The monoisotopic (exact) mass is 451 g/mol. The van der Waals surface area contributed by atoms with E-state index in [9.17, 15) is 4.79 Å². The number of likely N-dealkylation sites (tertiary alicyclic amines) is 2. The summed E-state index contributed by atoms with van der Waals surface area (Å²) >= 11 is 0. The number of primary amides is 1. The Balaban J connectivity index is 1.11. The topological polar surface area (TPSA) is 113 Å². The van der Waals surface area contributed by atoms with Crippen LogP contribution >= 0.6 is 0 Å². The van der Waals surface area contributed by atoms with Gasteiger partial charge in [-0.2, -0.15) is 5.48 Å². The molecule has 9 nitrogen and oxygen atoms in total. The van der Waals surface area contributed by atoms with Crippen LogP contribution in [-0.4, -0.2) is 80.7 Å². The van der Waals surface area contributed by atoms with E-state index in [0.29, 0.717) is 24.2 Å². The van der Waals surface area contributed by atoms with Gasteiger partial charge in [0.25, 0.3) is 0 Å². The van der Waals surface area contributed by atoms with Crippen LogP contribution in [0.15, 0.2) is 0 Å². The van der Waals surface area contributed by atoms with Gasteiger partial charge in [-0.3, -0.25) is 19.8 Å². The number of quaternary nitrogens is 2. The number of nitrogens with two attached hydrogens (primary N) is 2. The van der Waals surface area contributed by atoms with Gasteiger partial charge in [0, 0.05) is 50.6 Å². The molecule has 0 saturated carbocycles. The molecule has 32 heavy (non-hydrogen) atoms. The lowest BCUT2D eigenvalue weighted by Gasteiger charge is -2.39. The average Bonchev–Trinajstić information content (AvgIpc) is 3.49. The Labute approximate surface area is 192 Å². The van der Waals surface area contributed by atoms with Crippen molar-refractivity contribution in [3.8, 4) is 0 Å². The summed E-state index contributed by atoms with van der Waals surface area (Å²) in [5, 5.41) is 10.1. The Morgan fingerprint density at radius 2 is 2.00 bits per heavy atom. The summed E-state index contributed by atoms with van der Waals surface area (Å²) < 4.78 is 0. The van der Waals surface area contributed by atoms with Crippen LogP contribution in [0.25, 0.3) is 0 Å². The van der Waals surface area contributed by atoms with Crippen LogP contribution in [0.2, 0.25) is 0 Å². The van der Waals surface area contributed by atoms with E-state index in [1.807, 2.05) is 0 Å². The zero-order valence-corrected chi connectivity index (χ0v) is 19.6. The molecular weight excluding hydrogens is 406 g/mol. The van der Waals surface area contributed by atoms with Crippen molar-refractivity contribution in [3.63, 3.8) is 0 Å². The van der Waals surface area contributed by atoms with E-state index < -0.39 is 0 Å². The molecule has 0 aromatic rings. The lowest BCUT2D eigenvalue weighted by molar-refractivity contribution is -0.917. The predicted octanol–water partition coefficient (Wildman–Crippen LogP) is -2.55. The largest absolute Gasteiger partial charge is 0.369 e. The van der Waals surface area contributed by atoms with E-state index in [0.717, 1.165) is 38.9 Å². The Bertz CT molecular complexity index is 623. The third kappa shape index (κ3) is 5.29. The lowest BCUT2D eigenvalue weighted by atomic mass is 9.90. The zero-order chi connectivity index (χ0) is 21.9. The minimum absolute atomic E-state index is 0.0682. The number of nitrogens with zero attached hydrogens (tertiary/aromatic N) is 1. The smallest absolute Gasteiger partial charge is 0.220 e. The quantitative estimate of drug-likeness (QED) is 0.265. The summed E-state index contributed by atoms with van der Waals surface area (Å²) in [6, 6.07) is 1.23. The second-order valence-electron chi connectivity index (χ2n) is 10.9. The molecule has 182 valence electrons. The van der Waals surface area contributed by atoms with Gasteiger partial charge in [-0.1, -0.05) is 6.42 Å². The molecule has 0 aromatic carbocycles. The molecule has 7 atom stereocenters. The van der Waals surface area contributed by atoms with Crippen molar-refractivity contribution >= 4 is 5.91 Å². The van der Waals surface area contributed by atoms with Crippen molar-refractivity contribution in [1.82, 2.24) is 21.0 Å². The molecule has 1 amide bonds. The summed E-state index contributed by atoms with van der Waals surface area (Å²) in [5.41, 5.74) is 8.91. The first-order valence-corrected chi connectivity index (χ1v) is 13.3. The van der Waals surface area contributed by atoms with Gasteiger partial charge in [0.15, 0.2) is 6.23 Å². The van der Waals surface area contributed by atoms with Gasteiger partial charge in [-0.25, -0.2) is 0 Å². The third-order valence-corrected chi connectivity index (χ3v) is 8.88. The highest BCUT2D eigenvalue weighted by molar-refractivity contribution is 5.76. The van der Waals surface area contributed by atoms with Crippen molar-refractivity contribution < 1.29 is 19.8 Å². The molecule has 0 spiro atoms. The highest BCUT2D eigenvalue weighted by atomic mass is 16.7. The second-order valence-corrected chi connectivity index (χ2v) is 10.9. The van der Waals surface area contributed by atoms with Gasteiger partial charge in [0.2, 0.25) is 5.91 Å². The summed E-state index contributed by atoms with van der Waals surface area (Å²) in [6.07, 6.45) is 11.7. The summed E-state index contributed by atoms with van der Waals surface area (Å²) in [4.78, 5) is 22.0. The maximum absolute atomic E-state index is 11.5. The van der Waals surface area contributed by atoms with Crippen LogP contribution in [0.4, 0.5) is 0 Å². The van der Waals surface area contributed by atoms with Gasteiger partial charge in [0.05, 0.1) is 31.8 Å². The molecule has 9 heteroatoms. The molecule has 5 aliphatic rings. The Morgan fingerprint density at radius 3 is 2.78 bits per heavy atom. The number of carbonyl (C=O) groups is 1. The summed E-state index contributed by atoms with van der Waals surface area (Å²) in [5.74, 6) is 0.521. The van der Waals surface area contributed by atoms with Crippen molar-refractivity contribution in [1.29, 1.82) is 0 Å². The summed E-state index contributed by atoms with van der Waals surface area (Å²) in [7, 11) is 0. The first kappa shape index (κ1) is 23.0. The molecule has 0 radical (unpaired) electrons. The molecule has 5 heterocycles. The van der Waals surface area contributed by atoms with Crippen LogP contribution in [-0.2, 0) is 9.63 Å². The number of amides is 1. The molecule has 7 unspecified atom stereocenters. The minimum Gasteiger partial charge on any atom is -0.369 e. The molecule has 5 aliphatic heterocycles. The molecule has 8 N–H and O–H groups in total. The van der Waals surface area contributed by atoms with Crippen LogP contribution < -0.4 is 32.1 Å². The standard InChI is InChI=1S/C23H43N7O2/c24-21(31)16-7-12-29(13-8-16)20-14-17(6-10-26-20)22-27-23(32-28-22)19-5-3-11-30(19)15-18-4-1-2-9-25-18/h16-20,22-23,25-28H,1-15H2,(H2,24,31)/p+2. The number of rotatable bonds is 6. The molecule has 0 aliphatic carbocycles. The lowest BCUT2D eigenvalue weighted by Crippen LogP contribution is -3.16. The highest BCUT2D eigenvalue weighted by Crippen LogP contribution is 2.25. The Hall–Kier alpha value is -0.810. The SMILES string of the molecule is NC(=O)C1CCN(C2CC(C3NOC(C4CCC[NH+]4CC4CCCCN4)N3)CC[NH2+]2)CC1. The molecule has 5 saturated heterocycles. The fourth-order valence-electron chi connectivity index (χ4n) is 6.94. The summed E-state index contributed by atoms with van der Waals surface area (Å²) in [6.45, 7) is 6.83. The minimum atomic E-state index is -0.125. The average molecular weight is 452 g/mol. The van der Waals surface area contributed by atoms with Crippen molar-refractivity contribution in [2.45, 2.75) is 88.4 Å². The Kier molecular flexibility index (Phi) is 7.63. The Morgan fingerprint density at radius 1 is 1.12 bits per heavy atom. The molecule has 0 bridgehead atoms. The van der Waals surface area contributed by atoms with Gasteiger partial charge in [-0.15, -0.1) is 0 Å². The molecular formula is C23H45N7O2+2. The third-order valence-electron chi connectivity index (χ3n) is 8.88. The van der Waals surface area contributed by atoms with E-state index in [2.05, 4.69) is 26.3 Å². The van der Waals surface area contributed by atoms with Gasteiger partial charge in [0.1, 0.15) is 12.2 Å². The second kappa shape index (κ2) is 10.6. The van der Waals surface area contributed by atoms with Gasteiger partial charge >= 0.3 is 0 Å². The predicted molar refractivity (Wildman–Crippen MR) is 121 cm³/mol. The number of carbonyl (C=O) groups excluding carboxylic acids is 1. The normalized spacial score (nSPS) is 42.3. The van der Waals surface area contributed by atoms with E-state index in [-0.39, 0.29) is 24.2 Å². The van der Waals surface area contributed by atoms with Crippen molar-refractivity contribution in [2.24, 2.45) is 17.6 Å². The van der Waals surface area contributed by atoms with Crippen LogP contribution in [0.3, 0.4) is 0 Å². The number of hydrogen-bond donors (Lipinski definition) is 6. The van der Waals surface area contributed by atoms with Crippen LogP contribution in [0.1, 0.15) is 57.8 Å². The maximum Gasteiger partial charge on any atom is 0.220 e. The van der Waals surface area contributed by atoms with E-state index in [4.69, 9.17) is 10.6 Å². The fourth-order valence-corrected chi connectivity index (χ4v) is 6.94. The molecule has 5 fully saturated rings. The van der Waals surface area contributed by atoms with Crippen molar-refractivity contribution in [2.75, 3.05) is 39.3 Å². The zero-order valence-electron chi connectivity index (χ0n) is 19.6. The van der Waals surface area contributed by atoms with E-state index in [1.165, 1.54) is 58.2 Å². The highest BCUT2D eigenvalue weighted by Gasteiger charge is 2.45. The first-order valence-electron chi connectivity index (χ1n) is 13.3.